The lowest BCUT2D eigenvalue weighted by atomic mass is 9.69. The van der Waals surface area contributed by atoms with E-state index < -0.39 is 0 Å². The van der Waals surface area contributed by atoms with Gasteiger partial charge in [-0.3, -0.25) is 0 Å². The summed E-state index contributed by atoms with van der Waals surface area (Å²) in [6.07, 6.45) is 11.6. The van der Waals surface area contributed by atoms with Crippen LogP contribution in [0.5, 0.6) is 0 Å². The predicted molar refractivity (Wildman–Crippen MR) is 81.4 cm³/mol. The molecule has 3 rings (SSSR count). The largest absolute Gasteiger partial charge is 0.313 e. The summed E-state index contributed by atoms with van der Waals surface area (Å²) in [6.45, 7) is 8.72. The number of hydrogen-bond donors (Lipinski definition) is 1. The van der Waals surface area contributed by atoms with Gasteiger partial charge in [0.25, 0.3) is 0 Å². The molecule has 3 aliphatic carbocycles. The van der Waals surface area contributed by atoms with E-state index in [0.29, 0.717) is 5.41 Å². The third-order valence-electron chi connectivity index (χ3n) is 5.54. The molecular weight excluding hydrogens is 232 g/mol. The second-order valence-electron chi connectivity index (χ2n) is 7.65. The number of nitrogens with one attached hydrogen (secondary N) is 1. The van der Waals surface area contributed by atoms with Crippen LogP contribution < -0.4 is 5.32 Å². The molecule has 0 aromatic carbocycles. The van der Waals surface area contributed by atoms with E-state index >= 15 is 0 Å². The van der Waals surface area contributed by atoms with Crippen molar-refractivity contribution in [1.29, 1.82) is 0 Å². The summed E-state index contributed by atoms with van der Waals surface area (Å²) in [6, 6.07) is 1.80. The summed E-state index contributed by atoms with van der Waals surface area (Å²) in [4.78, 5) is 2.78. The van der Waals surface area contributed by atoms with E-state index in [1.807, 2.05) is 0 Å². The lowest BCUT2D eigenvalue weighted by Gasteiger charge is -2.43. The Morgan fingerprint density at radius 3 is 2.53 bits per heavy atom. The smallest absolute Gasteiger partial charge is 0.00965 e. The molecule has 0 saturated heterocycles. The van der Waals surface area contributed by atoms with Crippen LogP contribution >= 0.6 is 0 Å². The molecule has 0 aromatic rings. The fraction of sp³-hybridized carbons (Fsp3) is 1.00. The van der Waals surface area contributed by atoms with Gasteiger partial charge in [0.15, 0.2) is 0 Å². The maximum Gasteiger partial charge on any atom is 0.00965 e. The molecular formula is C17H32N2. The Labute approximate surface area is 119 Å². The molecule has 0 spiro atoms. The van der Waals surface area contributed by atoms with Crippen molar-refractivity contribution in [2.45, 2.75) is 77.3 Å². The summed E-state index contributed by atoms with van der Waals surface area (Å²) >= 11 is 0. The molecule has 0 radical (unpaired) electrons. The lowest BCUT2D eigenvalue weighted by molar-refractivity contribution is 0.0782. The first-order valence-electron chi connectivity index (χ1n) is 8.68. The van der Waals surface area contributed by atoms with Gasteiger partial charge in [-0.15, -0.1) is 0 Å². The first-order chi connectivity index (χ1) is 9.21. The Morgan fingerprint density at radius 2 is 1.95 bits per heavy atom. The fourth-order valence-electron chi connectivity index (χ4n) is 4.15. The van der Waals surface area contributed by atoms with Gasteiger partial charge in [-0.2, -0.15) is 0 Å². The quantitative estimate of drug-likeness (QED) is 0.758. The van der Waals surface area contributed by atoms with Crippen molar-refractivity contribution in [2.24, 2.45) is 11.3 Å². The van der Waals surface area contributed by atoms with Crippen LogP contribution in [0.1, 0.15) is 65.2 Å². The lowest BCUT2D eigenvalue weighted by Crippen LogP contribution is -2.47. The van der Waals surface area contributed by atoms with Gasteiger partial charge in [-0.05, 0) is 56.4 Å². The zero-order chi connectivity index (χ0) is 13.3. The van der Waals surface area contributed by atoms with Gasteiger partial charge in [0.05, 0.1) is 0 Å². The normalized spacial score (nSPS) is 35.8. The van der Waals surface area contributed by atoms with Crippen LogP contribution in [0.25, 0.3) is 0 Å². The molecule has 3 saturated carbocycles. The summed E-state index contributed by atoms with van der Waals surface area (Å²) in [5.74, 6) is 0.938. The van der Waals surface area contributed by atoms with Crippen LogP contribution in [-0.2, 0) is 0 Å². The molecule has 2 atom stereocenters. The third-order valence-corrected chi connectivity index (χ3v) is 5.54. The molecule has 19 heavy (non-hydrogen) atoms. The average Bonchev–Trinajstić information content (AvgIpc) is 3.28. The van der Waals surface area contributed by atoms with Crippen molar-refractivity contribution in [3.8, 4) is 0 Å². The molecule has 0 aliphatic heterocycles. The van der Waals surface area contributed by atoms with Gasteiger partial charge >= 0.3 is 0 Å². The van der Waals surface area contributed by atoms with Crippen LogP contribution in [-0.4, -0.2) is 36.6 Å². The molecule has 2 heteroatoms. The first kappa shape index (κ1) is 13.9. The molecule has 2 nitrogen and oxygen atoms in total. The van der Waals surface area contributed by atoms with Crippen LogP contribution in [0.4, 0.5) is 0 Å². The van der Waals surface area contributed by atoms with Crippen molar-refractivity contribution in [1.82, 2.24) is 10.2 Å². The van der Waals surface area contributed by atoms with Crippen LogP contribution in [0, 0.1) is 11.3 Å². The van der Waals surface area contributed by atoms with E-state index in [4.69, 9.17) is 0 Å². The van der Waals surface area contributed by atoms with Gasteiger partial charge < -0.3 is 10.2 Å². The summed E-state index contributed by atoms with van der Waals surface area (Å²) < 4.78 is 0. The highest BCUT2D eigenvalue weighted by Gasteiger charge is 2.40. The summed E-state index contributed by atoms with van der Waals surface area (Å²) in [7, 11) is 0. The molecule has 0 heterocycles. The SMILES string of the molecule is CCN(CC1(CNC2CC2)CCCC(C)C1)C1CC1. The van der Waals surface area contributed by atoms with E-state index in [-0.39, 0.29) is 0 Å². The Balaban J connectivity index is 1.62. The zero-order valence-electron chi connectivity index (χ0n) is 13.0. The van der Waals surface area contributed by atoms with Crippen molar-refractivity contribution >= 4 is 0 Å². The highest BCUT2D eigenvalue weighted by atomic mass is 15.2. The van der Waals surface area contributed by atoms with E-state index in [0.717, 1.165) is 18.0 Å². The second-order valence-corrected chi connectivity index (χ2v) is 7.65. The van der Waals surface area contributed by atoms with Crippen molar-refractivity contribution in [2.75, 3.05) is 19.6 Å². The van der Waals surface area contributed by atoms with Gasteiger partial charge in [0, 0.05) is 25.2 Å². The van der Waals surface area contributed by atoms with Crippen LogP contribution in [0.3, 0.4) is 0 Å². The number of rotatable bonds is 7. The minimum atomic E-state index is 0.582. The molecule has 3 aliphatic rings. The van der Waals surface area contributed by atoms with E-state index in [9.17, 15) is 0 Å². The number of hydrogen-bond acceptors (Lipinski definition) is 2. The maximum atomic E-state index is 3.85. The standard InChI is InChI=1S/C17H32N2/c1-3-19(16-8-9-16)13-17(12-18-15-6-7-15)10-4-5-14(2)11-17/h14-16,18H,3-13H2,1-2H3. The Hall–Kier alpha value is -0.0800. The molecule has 2 unspecified atom stereocenters. The topological polar surface area (TPSA) is 15.3 Å². The summed E-state index contributed by atoms with van der Waals surface area (Å²) in [5.41, 5.74) is 0.582. The van der Waals surface area contributed by atoms with Crippen molar-refractivity contribution in [3.63, 3.8) is 0 Å². The highest BCUT2D eigenvalue weighted by Crippen LogP contribution is 2.42. The van der Waals surface area contributed by atoms with Gasteiger partial charge in [-0.1, -0.05) is 26.7 Å². The molecule has 1 N–H and O–H groups in total. The monoisotopic (exact) mass is 264 g/mol. The minimum absolute atomic E-state index is 0.582. The molecule has 0 amide bonds. The second kappa shape index (κ2) is 5.73. The molecule has 0 bridgehead atoms. The van der Waals surface area contributed by atoms with E-state index in [1.165, 1.54) is 71.0 Å². The van der Waals surface area contributed by atoms with Crippen molar-refractivity contribution < 1.29 is 0 Å². The molecule has 0 aromatic heterocycles. The van der Waals surface area contributed by atoms with Gasteiger partial charge in [0.2, 0.25) is 0 Å². The Morgan fingerprint density at radius 1 is 1.16 bits per heavy atom. The Kier molecular flexibility index (Phi) is 4.19. The Bertz CT molecular complexity index is 296. The van der Waals surface area contributed by atoms with Crippen LogP contribution in [0.15, 0.2) is 0 Å². The van der Waals surface area contributed by atoms with E-state index in [1.54, 1.807) is 0 Å². The maximum absolute atomic E-state index is 3.85. The fourth-order valence-corrected chi connectivity index (χ4v) is 4.15. The summed E-state index contributed by atoms with van der Waals surface area (Å²) in [5, 5.41) is 3.85. The highest BCUT2D eigenvalue weighted by molar-refractivity contribution is 4.95. The van der Waals surface area contributed by atoms with E-state index in [2.05, 4.69) is 24.1 Å². The number of nitrogens with zero attached hydrogens (tertiary/aromatic N) is 1. The first-order valence-corrected chi connectivity index (χ1v) is 8.68. The van der Waals surface area contributed by atoms with Gasteiger partial charge in [0.1, 0.15) is 0 Å². The predicted octanol–water partition coefficient (Wildman–Crippen LogP) is 3.42. The minimum Gasteiger partial charge on any atom is -0.313 e. The zero-order valence-corrected chi connectivity index (χ0v) is 13.0. The van der Waals surface area contributed by atoms with Gasteiger partial charge in [-0.25, -0.2) is 0 Å². The average molecular weight is 264 g/mol. The molecule has 3 fully saturated rings. The third kappa shape index (κ3) is 3.72. The molecule has 110 valence electrons. The van der Waals surface area contributed by atoms with Crippen LogP contribution in [0.2, 0.25) is 0 Å². The van der Waals surface area contributed by atoms with Crippen molar-refractivity contribution in [3.05, 3.63) is 0 Å².